The normalized spacial score (nSPS) is 25.9. The largest absolute Gasteiger partial charge is 0.393 e. The minimum absolute atomic E-state index is 0.0351. The first kappa shape index (κ1) is 14.5. The molecule has 1 aromatic carbocycles. The van der Waals surface area contributed by atoms with Crippen molar-refractivity contribution >= 4 is 9.84 Å². The van der Waals surface area contributed by atoms with Gasteiger partial charge in [-0.15, -0.1) is 0 Å². The van der Waals surface area contributed by atoms with Crippen molar-refractivity contribution in [3.8, 4) is 0 Å². The van der Waals surface area contributed by atoms with Crippen LogP contribution in [0.4, 0.5) is 0 Å². The van der Waals surface area contributed by atoms with Gasteiger partial charge in [0.25, 0.3) is 0 Å². The maximum atomic E-state index is 11.4. The van der Waals surface area contributed by atoms with Crippen molar-refractivity contribution < 1.29 is 13.5 Å². The first-order chi connectivity index (χ1) is 8.85. The monoisotopic (exact) mass is 282 g/mol. The fourth-order valence-corrected chi connectivity index (χ4v) is 4.02. The van der Waals surface area contributed by atoms with Gasteiger partial charge < -0.3 is 5.11 Å². The summed E-state index contributed by atoms with van der Waals surface area (Å²) in [5.41, 5.74) is 1.11. The third kappa shape index (κ3) is 2.32. The molecule has 1 aliphatic rings. The predicted molar refractivity (Wildman–Crippen MR) is 75.9 cm³/mol. The lowest BCUT2D eigenvalue weighted by Crippen LogP contribution is -2.50. The molecule has 4 heteroatoms. The zero-order valence-corrected chi connectivity index (χ0v) is 12.6. The smallest absolute Gasteiger partial charge is 0.175 e. The van der Waals surface area contributed by atoms with Gasteiger partial charge in [-0.1, -0.05) is 26.0 Å². The Morgan fingerprint density at radius 2 is 1.74 bits per heavy atom. The quantitative estimate of drug-likeness (QED) is 0.924. The van der Waals surface area contributed by atoms with Crippen LogP contribution in [-0.4, -0.2) is 25.9 Å². The summed E-state index contributed by atoms with van der Waals surface area (Å²) in [4.78, 5) is 0.356. The zero-order chi connectivity index (χ0) is 14.3. The topological polar surface area (TPSA) is 54.4 Å². The summed E-state index contributed by atoms with van der Waals surface area (Å²) in [5, 5.41) is 10.1. The van der Waals surface area contributed by atoms with Gasteiger partial charge in [0, 0.05) is 11.7 Å². The molecule has 1 saturated carbocycles. The summed E-state index contributed by atoms with van der Waals surface area (Å²) < 4.78 is 22.9. The Morgan fingerprint density at radius 3 is 2.11 bits per heavy atom. The predicted octanol–water partition coefficient (Wildman–Crippen LogP) is 2.74. The second-order valence-electron chi connectivity index (χ2n) is 5.59. The summed E-state index contributed by atoms with van der Waals surface area (Å²) >= 11 is 0. The average molecular weight is 282 g/mol. The standard InChI is InChI=1S/C15H22O3S/c1-4-15(5-2)13(10-14(15)16)11-6-8-12(9-7-11)19(3,17)18/h6-9,13-14,16H,4-5,10H2,1-3H3. The molecule has 1 N–H and O–H groups in total. The molecular formula is C15H22O3S. The van der Waals surface area contributed by atoms with Crippen LogP contribution in [-0.2, 0) is 9.84 Å². The zero-order valence-electron chi connectivity index (χ0n) is 11.8. The molecule has 1 aliphatic carbocycles. The van der Waals surface area contributed by atoms with Crippen molar-refractivity contribution in [1.29, 1.82) is 0 Å². The fourth-order valence-electron chi connectivity index (χ4n) is 3.39. The Hall–Kier alpha value is -0.870. The van der Waals surface area contributed by atoms with Gasteiger partial charge in [0.05, 0.1) is 11.0 Å². The van der Waals surface area contributed by atoms with E-state index in [4.69, 9.17) is 0 Å². The van der Waals surface area contributed by atoms with Crippen LogP contribution in [0.5, 0.6) is 0 Å². The Bertz CT molecular complexity index is 541. The van der Waals surface area contributed by atoms with Crippen LogP contribution in [0, 0.1) is 5.41 Å². The molecule has 1 fully saturated rings. The third-order valence-corrected chi connectivity index (χ3v) is 5.97. The lowest BCUT2D eigenvalue weighted by atomic mass is 9.53. The summed E-state index contributed by atoms with van der Waals surface area (Å²) in [7, 11) is -3.13. The number of hydrogen-bond donors (Lipinski definition) is 1. The number of rotatable bonds is 4. The highest BCUT2D eigenvalue weighted by Gasteiger charge is 2.52. The molecule has 0 saturated heterocycles. The van der Waals surface area contributed by atoms with Gasteiger partial charge in [-0.3, -0.25) is 0 Å². The van der Waals surface area contributed by atoms with E-state index in [0.717, 1.165) is 24.8 Å². The highest BCUT2D eigenvalue weighted by molar-refractivity contribution is 7.90. The van der Waals surface area contributed by atoms with E-state index in [0.29, 0.717) is 10.8 Å². The molecule has 2 rings (SSSR count). The molecule has 2 atom stereocenters. The van der Waals surface area contributed by atoms with E-state index < -0.39 is 9.84 Å². The molecule has 0 spiro atoms. The van der Waals surface area contributed by atoms with Crippen molar-refractivity contribution in [3.63, 3.8) is 0 Å². The fraction of sp³-hybridized carbons (Fsp3) is 0.600. The lowest BCUT2D eigenvalue weighted by molar-refractivity contribution is -0.0932. The number of aliphatic hydroxyl groups is 1. The summed E-state index contributed by atoms with van der Waals surface area (Å²) in [6, 6.07) is 7.14. The maximum absolute atomic E-state index is 11.4. The van der Waals surface area contributed by atoms with Gasteiger partial charge in [0.1, 0.15) is 0 Å². The lowest BCUT2D eigenvalue weighted by Gasteiger charge is -2.54. The number of aliphatic hydroxyl groups excluding tert-OH is 1. The van der Waals surface area contributed by atoms with Crippen LogP contribution in [0.25, 0.3) is 0 Å². The third-order valence-electron chi connectivity index (χ3n) is 4.84. The van der Waals surface area contributed by atoms with Crippen molar-refractivity contribution in [1.82, 2.24) is 0 Å². The number of hydrogen-bond acceptors (Lipinski definition) is 3. The van der Waals surface area contributed by atoms with Gasteiger partial charge in [-0.2, -0.15) is 0 Å². The van der Waals surface area contributed by atoms with Gasteiger partial charge in [-0.05, 0) is 42.9 Å². The van der Waals surface area contributed by atoms with Crippen LogP contribution in [0.15, 0.2) is 29.2 Å². The minimum atomic E-state index is -3.13. The summed E-state index contributed by atoms with van der Waals surface area (Å²) in [6.45, 7) is 4.23. The highest BCUT2D eigenvalue weighted by atomic mass is 32.2. The molecule has 0 radical (unpaired) electrons. The molecule has 0 amide bonds. The van der Waals surface area contributed by atoms with Gasteiger partial charge in [0.2, 0.25) is 0 Å². The highest BCUT2D eigenvalue weighted by Crippen LogP contribution is 2.57. The van der Waals surface area contributed by atoms with Crippen molar-refractivity contribution in [3.05, 3.63) is 29.8 Å². The van der Waals surface area contributed by atoms with Gasteiger partial charge in [0.15, 0.2) is 9.84 Å². The van der Waals surface area contributed by atoms with E-state index in [1.54, 1.807) is 12.1 Å². The Labute approximate surface area is 115 Å². The van der Waals surface area contributed by atoms with Crippen LogP contribution in [0.3, 0.4) is 0 Å². The molecule has 0 heterocycles. The summed E-state index contributed by atoms with van der Waals surface area (Å²) in [6.07, 6.45) is 3.66. The molecule has 0 aliphatic heterocycles. The average Bonchev–Trinajstić information content (AvgIpc) is 2.37. The van der Waals surface area contributed by atoms with E-state index in [2.05, 4.69) is 13.8 Å². The van der Waals surface area contributed by atoms with Gasteiger partial charge in [-0.25, -0.2) is 8.42 Å². The number of sulfone groups is 1. The second-order valence-corrected chi connectivity index (χ2v) is 7.60. The Kier molecular flexibility index (Phi) is 3.76. The van der Waals surface area contributed by atoms with E-state index in [1.807, 2.05) is 12.1 Å². The first-order valence-corrected chi connectivity index (χ1v) is 8.72. The minimum Gasteiger partial charge on any atom is -0.393 e. The molecule has 0 bridgehead atoms. The van der Waals surface area contributed by atoms with Gasteiger partial charge >= 0.3 is 0 Å². The molecule has 19 heavy (non-hydrogen) atoms. The Morgan fingerprint density at radius 1 is 1.21 bits per heavy atom. The number of benzene rings is 1. The van der Waals surface area contributed by atoms with E-state index in [9.17, 15) is 13.5 Å². The van der Waals surface area contributed by atoms with Crippen LogP contribution < -0.4 is 0 Å². The molecular weight excluding hydrogens is 260 g/mol. The van der Waals surface area contributed by atoms with Crippen molar-refractivity contribution in [2.24, 2.45) is 5.41 Å². The van der Waals surface area contributed by atoms with Crippen LogP contribution in [0.2, 0.25) is 0 Å². The second kappa shape index (κ2) is 4.91. The van der Waals surface area contributed by atoms with Crippen molar-refractivity contribution in [2.45, 2.75) is 50.0 Å². The van der Waals surface area contributed by atoms with E-state index in [1.165, 1.54) is 6.26 Å². The maximum Gasteiger partial charge on any atom is 0.175 e. The van der Waals surface area contributed by atoms with Crippen LogP contribution in [0.1, 0.15) is 44.6 Å². The van der Waals surface area contributed by atoms with E-state index >= 15 is 0 Å². The molecule has 3 nitrogen and oxygen atoms in total. The molecule has 106 valence electrons. The molecule has 1 aromatic rings. The SMILES string of the molecule is CCC1(CC)C(O)CC1c1ccc(S(C)(=O)=O)cc1. The summed E-state index contributed by atoms with van der Waals surface area (Å²) in [5.74, 6) is 0.339. The molecule has 2 unspecified atom stereocenters. The molecule has 0 aromatic heterocycles. The van der Waals surface area contributed by atoms with E-state index in [-0.39, 0.29) is 11.5 Å². The first-order valence-electron chi connectivity index (χ1n) is 6.83. The Balaban J connectivity index is 2.29. The van der Waals surface area contributed by atoms with Crippen molar-refractivity contribution in [2.75, 3.05) is 6.26 Å². The van der Waals surface area contributed by atoms with Crippen LogP contribution >= 0.6 is 0 Å².